The first-order valence-corrected chi connectivity index (χ1v) is 6.77. The highest BCUT2D eigenvalue weighted by atomic mass is 79.9. The molecule has 2 nitrogen and oxygen atoms in total. The summed E-state index contributed by atoms with van der Waals surface area (Å²) in [5.74, 6) is -7.93. The van der Waals surface area contributed by atoms with Gasteiger partial charge in [0.15, 0.2) is 0 Å². The van der Waals surface area contributed by atoms with Crippen LogP contribution in [-0.2, 0) is 0 Å². The number of hydrogen-bond acceptors (Lipinski definition) is 2. The van der Waals surface area contributed by atoms with Crippen molar-refractivity contribution in [2.75, 3.05) is 0 Å². The molecule has 0 fully saturated rings. The minimum atomic E-state index is -1.76. The highest BCUT2D eigenvalue weighted by Crippen LogP contribution is 2.35. The summed E-state index contributed by atoms with van der Waals surface area (Å²) < 4.78 is 59.1. The molecule has 0 saturated carbocycles. The van der Waals surface area contributed by atoms with Crippen molar-refractivity contribution in [3.8, 4) is 11.5 Å². The Labute approximate surface area is 126 Å². The number of hydrogen-bond donors (Lipinski definition) is 0. The van der Waals surface area contributed by atoms with Crippen molar-refractivity contribution in [2.45, 2.75) is 19.8 Å². The molecule has 0 aliphatic heterocycles. The quantitative estimate of drug-likeness (QED) is 0.544. The first kappa shape index (κ1) is 15.8. The molecule has 112 valence electrons. The Morgan fingerprint density at radius 1 is 1.05 bits per heavy atom. The van der Waals surface area contributed by atoms with Crippen LogP contribution in [0.3, 0.4) is 0 Å². The summed E-state index contributed by atoms with van der Waals surface area (Å²) >= 11 is 3.27. The molecule has 2 aromatic rings. The fraction of sp³-hybridized carbons (Fsp3) is 0.214. The van der Waals surface area contributed by atoms with Crippen LogP contribution in [-0.4, -0.2) is 4.98 Å². The molecule has 1 aromatic carbocycles. The number of ether oxygens (including phenoxy) is 1. The van der Waals surface area contributed by atoms with Gasteiger partial charge in [-0.1, -0.05) is 29.8 Å². The molecule has 7 heteroatoms. The van der Waals surface area contributed by atoms with E-state index in [1.165, 1.54) is 6.07 Å². The highest BCUT2D eigenvalue weighted by molar-refractivity contribution is 9.10. The van der Waals surface area contributed by atoms with Gasteiger partial charge in [-0.3, -0.25) is 0 Å². The lowest BCUT2D eigenvalue weighted by Gasteiger charge is -2.15. The average molecular weight is 364 g/mol. The number of aromatic nitrogens is 1. The van der Waals surface area contributed by atoms with E-state index in [0.29, 0.717) is 5.56 Å². The zero-order valence-electron chi connectivity index (χ0n) is 11.1. The van der Waals surface area contributed by atoms with Crippen molar-refractivity contribution < 1.29 is 22.3 Å². The van der Waals surface area contributed by atoms with Gasteiger partial charge in [-0.15, -0.1) is 0 Å². The third-order valence-corrected chi connectivity index (χ3v) is 3.26. The topological polar surface area (TPSA) is 22.1 Å². The largest absolute Gasteiger partial charge is 0.451 e. The minimum Gasteiger partial charge on any atom is -0.451 e. The molecule has 0 aliphatic carbocycles. The first-order valence-electron chi connectivity index (χ1n) is 5.98. The van der Waals surface area contributed by atoms with E-state index in [1.54, 1.807) is 12.1 Å². The molecule has 1 heterocycles. The van der Waals surface area contributed by atoms with Gasteiger partial charge in [0.2, 0.25) is 17.4 Å². The van der Waals surface area contributed by atoms with Crippen LogP contribution in [0.1, 0.15) is 25.3 Å². The second-order valence-electron chi connectivity index (χ2n) is 4.59. The summed E-state index contributed by atoms with van der Waals surface area (Å²) in [7, 11) is 0. The van der Waals surface area contributed by atoms with Crippen molar-refractivity contribution in [2.24, 2.45) is 0 Å². The van der Waals surface area contributed by atoms with Gasteiger partial charge < -0.3 is 4.74 Å². The second-order valence-corrected chi connectivity index (χ2v) is 5.51. The van der Waals surface area contributed by atoms with Crippen molar-refractivity contribution in [3.05, 3.63) is 51.8 Å². The first-order chi connectivity index (χ1) is 9.81. The van der Waals surface area contributed by atoms with Gasteiger partial charge >= 0.3 is 0 Å². The molecule has 0 bridgehead atoms. The number of halogens is 5. The van der Waals surface area contributed by atoms with Crippen molar-refractivity contribution in [3.63, 3.8) is 0 Å². The normalized spacial score (nSPS) is 11.0. The zero-order chi connectivity index (χ0) is 15.7. The van der Waals surface area contributed by atoms with Crippen molar-refractivity contribution >= 4 is 15.9 Å². The molecule has 0 spiro atoms. The summed E-state index contributed by atoms with van der Waals surface area (Å²) in [6.07, 6.45) is 0. The summed E-state index contributed by atoms with van der Waals surface area (Å²) in [5.41, 5.74) is 0.626. The number of pyridine rings is 1. The third-order valence-electron chi connectivity index (χ3n) is 2.76. The molecular weight excluding hydrogens is 354 g/mol. The van der Waals surface area contributed by atoms with Crippen LogP contribution < -0.4 is 4.74 Å². The lowest BCUT2D eigenvalue weighted by atomic mass is 10.0. The molecule has 0 N–H and O–H groups in total. The van der Waals surface area contributed by atoms with Gasteiger partial charge in [-0.2, -0.15) is 22.5 Å². The predicted octanol–water partition coefficient (Wildman–Crippen LogP) is 5.32. The van der Waals surface area contributed by atoms with Crippen LogP contribution in [0.2, 0.25) is 0 Å². The van der Waals surface area contributed by atoms with Crippen LogP contribution in [0.4, 0.5) is 17.6 Å². The Hall–Kier alpha value is -1.63. The monoisotopic (exact) mass is 363 g/mol. The molecule has 1 aromatic heterocycles. The second kappa shape index (κ2) is 6.01. The van der Waals surface area contributed by atoms with Gasteiger partial charge in [0.25, 0.3) is 11.9 Å². The predicted molar refractivity (Wildman–Crippen MR) is 72.4 cm³/mol. The number of nitrogens with zero attached hydrogens (tertiary/aromatic N) is 1. The molecular formula is C14H10BrF4NO. The lowest BCUT2D eigenvalue weighted by molar-refractivity contribution is 0.341. The molecule has 0 saturated heterocycles. The van der Waals surface area contributed by atoms with Crippen LogP contribution in [0.25, 0.3) is 0 Å². The maximum Gasteiger partial charge on any atom is 0.255 e. The molecule has 0 unspecified atom stereocenters. The van der Waals surface area contributed by atoms with E-state index in [9.17, 15) is 17.6 Å². The van der Waals surface area contributed by atoms with Gasteiger partial charge in [0.05, 0.1) is 0 Å². The Balaban J connectivity index is 2.53. The van der Waals surface area contributed by atoms with Crippen molar-refractivity contribution in [1.29, 1.82) is 0 Å². The molecule has 0 amide bonds. The van der Waals surface area contributed by atoms with Crippen LogP contribution in [0, 0.1) is 23.5 Å². The third kappa shape index (κ3) is 3.18. The van der Waals surface area contributed by atoms with E-state index in [0.717, 1.165) is 4.47 Å². The van der Waals surface area contributed by atoms with Gasteiger partial charge in [-0.05, 0) is 29.7 Å². The van der Waals surface area contributed by atoms with Crippen LogP contribution in [0.5, 0.6) is 11.5 Å². The Kier molecular flexibility index (Phi) is 4.51. The number of benzene rings is 1. The molecule has 0 atom stereocenters. The standard InChI is InChI=1S/C14H10BrF4NO/c1-6(2)8-5-7(15)3-4-9(8)21-12-10(16)13(18)20-14(19)11(12)17/h3-6H,1-2H3. The molecule has 0 radical (unpaired) electrons. The maximum absolute atomic E-state index is 13.6. The van der Waals surface area contributed by atoms with E-state index < -0.39 is 29.3 Å². The average Bonchev–Trinajstić information content (AvgIpc) is 2.42. The lowest BCUT2D eigenvalue weighted by Crippen LogP contribution is -2.04. The minimum absolute atomic E-state index is 0.0276. The SMILES string of the molecule is CC(C)c1cc(Br)ccc1Oc1c(F)c(F)nc(F)c1F. The Morgan fingerprint density at radius 2 is 1.62 bits per heavy atom. The molecule has 2 rings (SSSR count). The number of rotatable bonds is 3. The summed E-state index contributed by atoms with van der Waals surface area (Å²) in [6, 6.07) is 4.74. The molecule has 0 aliphatic rings. The Morgan fingerprint density at radius 3 is 2.14 bits per heavy atom. The van der Waals surface area contributed by atoms with E-state index in [1.807, 2.05) is 13.8 Å². The van der Waals surface area contributed by atoms with Crippen molar-refractivity contribution in [1.82, 2.24) is 4.98 Å². The maximum atomic E-state index is 13.6. The highest BCUT2D eigenvalue weighted by Gasteiger charge is 2.24. The van der Waals surface area contributed by atoms with E-state index in [2.05, 4.69) is 20.9 Å². The van der Waals surface area contributed by atoms with Gasteiger partial charge in [-0.25, -0.2) is 0 Å². The van der Waals surface area contributed by atoms with Crippen LogP contribution >= 0.6 is 15.9 Å². The summed E-state index contributed by atoms with van der Waals surface area (Å²) in [6.45, 7) is 3.68. The van der Waals surface area contributed by atoms with Gasteiger partial charge in [0.1, 0.15) is 5.75 Å². The fourth-order valence-corrected chi connectivity index (χ4v) is 2.11. The zero-order valence-corrected chi connectivity index (χ0v) is 12.6. The van der Waals surface area contributed by atoms with Crippen LogP contribution in [0.15, 0.2) is 22.7 Å². The molecule has 21 heavy (non-hydrogen) atoms. The summed E-state index contributed by atoms with van der Waals surface area (Å²) in [5, 5.41) is 0. The summed E-state index contributed by atoms with van der Waals surface area (Å²) in [4.78, 5) is 2.48. The Bertz CT molecular complexity index is 665. The van der Waals surface area contributed by atoms with Gasteiger partial charge in [0, 0.05) is 4.47 Å². The van der Waals surface area contributed by atoms with E-state index in [-0.39, 0.29) is 11.7 Å². The smallest absolute Gasteiger partial charge is 0.255 e. The fourth-order valence-electron chi connectivity index (χ4n) is 1.73. The van der Waals surface area contributed by atoms with E-state index in [4.69, 9.17) is 4.74 Å². The van der Waals surface area contributed by atoms with E-state index >= 15 is 0 Å².